The van der Waals surface area contributed by atoms with Gasteiger partial charge in [0.15, 0.2) is 11.5 Å². The minimum Gasteiger partial charge on any atom is -0.490 e. The van der Waals surface area contributed by atoms with E-state index in [9.17, 15) is 4.79 Å². The van der Waals surface area contributed by atoms with Gasteiger partial charge in [0.2, 0.25) is 5.91 Å². The van der Waals surface area contributed by atoms with Gasteiger partial charge in [-0.05, 0) is 49.9 Å². The molecule has 0 radical (unpaired) electrons. The summed E-state index contributed by atoms with van der Waals surface area (Å²) in [6.45, 7) is 9.35. The minimum absolute atomic E-state index is 0.0280. The van der Waals surface area contributed by atoms with Gasteiger partial charge in [-0.25, -0.2) is 0 Å². The van der Waals surface area contributed by atoms with E-state index in [2.05, 4.69) is 31.0 Å². The Labute approximate surface area is 157 Å². The summed E-state index contributed by atoms with van der Waals surface area (Å²) in [5.41, 5.74) is 1.07. The van der Waals surface area contributed by atoms with Gasteiger partial charge in [-0.1, -0.05) is 26.3 Å². The summed E-state index contributed by atoms with van der Waals surface area (Å²) in [6, 6.07) is 6.49. The van der Waals surface area contributed by atoms with Crippen LogP contribution in [-0.4, -0.2) is 43.2 Å². The highest BCUT2D eigenvalue weighted by Crippen LogP contribution is 2.34. The molecular weight excluding hydrogens is 328 g/mol. The molecule has 5 nitrogen and oxygen atoms in total. The van der Waals surface area contributed by atoms with Crippen molar-refractivity contribution in [2.24, 2.45) is 5.92 Å². The Bertz CT molecular complexity index is 617. The van der Waals surface area contributed by atoms with Gasteiger partial charge in [0.05, 0.1) is 25.8 Å². The van der Waals surface area contributed by atoms with Crippen LogP contribution in [0.4, 0.5) is 0 Å². The standard InChI is InChI=1S/C21H32N2O3/c1-15(2)21(22-20(24)14-23-10-5-4-7-16(23)3)17-8-9-18-19(13-17)26-12-6-11-25-18/h8-9,13,15-16,21H,4-7,10-12,14H2,1-3H3,(H,22,24)/t16-,21-/m1/s1. The Hall–Kier alpha value is -1.75. The van der Waals surface area contributed by atoms with Gasteiger partial charge in [-0.15, -0.1) is 0 Å². The molecule has 144 valence electrons. The SMILES string of the molecule is CC(C)[C@@H](NC(=O)CN1CCCC[C@H]1C)c1ccc2c(c1)OCCCO2. The summed E-state index contributed by atoms with van der Waals surface area (Å²) in [4.78, 5) is 15.0. The summed E-state index contributed by atoms with van der Waals surface area (Å²) in [6.07, 6.45) is 4.53. The molecule has 1 aromatic carbocycles. The van der Waals surface area contributed by atoms with Gasteiger partial charge >= 0.3 is 0 Å². The smallest absolute Gasteiger partial charge is 0.234 e. The lowest BCUT2D eigenvalue weighted by Crippen LogP contribution is -2.45. The maximum atomic E-state index is 12.7. The maximum absolute atomic E-state index is 12.7. The number of rotatable bonds is 5. The van der Waals surface area contributed by atoms with Crippen LogP contribution in [-0.2, 0) is 4.79 Å². The van der Waals surface area contributed by atoms with Crippen LogP contribution in [0.1, 0.15) is 58.1 Å². The van der Waals surface area contributed by atoms with Crippen LogP contribution in [0.25, 0.3) is 0 Å². The highest BCUT2D eigenvalue weighted by Gasteiger charge is 2.24. The summed E-state index contributed by atoms with van der Waals surface area (Å²) in [5, 5.41) is 3.25. The van der Waals surface area contributed by atoms with Gasteiger partial charge in [0, 0.05) is 12.5 Å². The number of carbonyl (C=O) groups is 1. The zero-order chi connectivity index (χ0) is 18.5. The van der Waals surface area contributed by atoms with Crippen molar-refractivity contribution in [3.63, 3.8) is 0 Å². The lowest BCUT2D eigenvalue weighted by atomic mass is 9.95. The van der Waals surface area contributed by atoms with Gasteiger partial charge in [0.25, 0.3) is 0 Å². The molecule has 2 atom stereocenters. The van der Waals surface area contributed by atoms with E-state index in [1.54, 1.807) is 0 Å². The molecule has 2 aliphatic rings. The molecular formula is C21H32N2O3. The van der Waals surface area contributed by atoms with Gasteiger partial charge in [0.1, 0.15) is 0 Å². The molecule has 2 heterocycles. The number of piperidine rings is 1. The number of nitrogens with one attached hydrogen (secondary N) is 1. The number of likely N-dealkylation sites (tertiary alicyclic amines) is 1. The molecule has 0 saturated carbocycles. The first-order valence-corrected chi connectivity index (χ1v) is 9.97. The average molecular weight is 360 g/mol. The summed E-state index contributed by atoms with van der Waals surface area (Å²) < 4.78 is 11.5. The van der Waals surface area contributed by atoms with Gasteiger partial charge < -0.3 is 14.8 Å². The van der Waals surface area contributed by atoms with Crippen LogP contribution in [0.3, 0.4) is 0 Å². The largest absolute Gasteiger partial charge is 0.490 e. The number of nitrogens with zero attached hydrogens (tertiary/aromatic N) is 1. The fraction of sp³-hybridized carbons (Fsp3) is 0.667. The van der Waals surface area contributed by atoms with Crippen LogP contribution >= 0.6 is 0 Å². The van der Waals surface area contributed by atoms with Crippen molar-refractivity contribution in [1.29, 1.82) is 0 Å². The predicted octanol–water partition coefficient (Wildman–Crippen LogP) is 3.54. The molecule has 0 spiro atoms. The molecule has 0 bridgehead atoms. The average Bonchev–Trinajstić information content (AvgIpc) is 2.86. The van der Waals surface area contributed by atoms with Gasteiger partial charge in [-0.3, -0.25) is 9.69 Å². The molecule has 26 heavy (non-hydrogen) atoms. The van der Waals surface area contributed by atoms with E-state index < -0.39 is 0 Å². The lowest BCUT2D eigenvalue weighted by Gasteiger charge is -2.33. The Morgan fingerprint density at radius 1 is 1.19 bits per heavy atom. The fourth-order valence-electron chi connectivity index (χ4n) is 3.80. The van der Waals surface area contributed by atoms with Crippen LogP contribution in [0.2, 0.25) is 0 Å². The number of hydrogen-bond donors (Lipinski definition) is 1. The molecule has 5 heteroatoms. The second-order valence-corrected chi connectivity index (χ2v) is 7.86. The number of fused-ring (bicyclic) bond motifs is 1. The first-order chi connectivity index (χ1) is 12.5. The molecule has 0 aliphatic carbocycles. The number of ether oxygens (including phenoxy) is 2. The van der Waals surface area contributed by atoms with Crippen molar-refractivity contribution in [2.75, 3.05) is 26.3 Å². The van der Waals surface area contributed by atoms with Crippen molar-refractivity contribution in [1.82, 2.24) is 10.2 Å². The third kappa shape index (κ3) is 4.70. The third-order valence-electron chi connectivity index (χ3n) is 5.40. The van der Waals surface area contributed by atoms with Crippen molar-refractivity contribution in [3.8, 4) is 11.5 Å². The van der Waals surface area contributed by atoms with Crippen molar-refractivity contribution in [2.45, 2.75) is 58.5 Å². The summed E-state index contributed by atoms with van der Waals surface area (Å²) in [5.74, 6) is 1.97. The predicted molar refractivity (Wildman–Crippen MR) is 103 cm³/mol. The molecule has 3 rings (SSSR count). The van der Waals surface area contributed by atoms with E-state index in [0.29, 0.717) is 31.7 Å². The molecule has 1 aromatic rings. The van der Waals surface area contributed by atoms with E-state index >= 15 is 0 Å². The number of carbonyl (C=O) groups excluding carboxylic acids is 1. The number of hydrogen-bond acceptors (Lipinski definition) is 4. The fourth-order valence-corrected chi connectivity index (χ4v) is 3.80. The van der Waals surface area contributed by atoms with E-state index in [4.69, 9.17) is 9.47 Å². The molecule has 1 amide bonds. The van der Waals surface area contributed by atoms with Gasteiger partial charge in [-0.2, -0.15) is 0 Å². The summed E-state index contributed by atoms with van der Waals surface area (Å²) in [7, 11) is 0. The Morgan fingerprint density at radius 2 is 1.96 bits per heavy atom. The van der Waals surface area contributed by atoms with Crippen molar-refractivity contribution >= 4 is 5.91 Å². The van der Waals surface area contributed by atoms with Crippen LogP contribution in [0.15, 0.2) is 18.2 Å². The monoisotopic (exact) mass is 360 g/mol. The maximum Gasteiger partial charge on any atom is 0.234 e. The molecule has 1 fully saturated rings. The zero-order valence-electron chi connectivity index (χ0n) is 16.3. The second kappa shape index (κ2) is 8.76. The Kier molecular flexibility index (Phi) is 6.41. The quantitative estimate of drug-likeness (QED) is 0.873. The number of amides is 1. The Morgan fingerprint density at radius 3 is 2.69 bits per heavy atom. The topological polar surface area (TPSA) is 50.8 Å². The number of benzene rings is 1. The highest BCUT2D eigenvalue weighted by atomic mass is 16.5. The van der Waals surface area contributed by atoms with E-state index in [-0.39, 0.29) is 11.9 Å². The first kappa shape index (κ1) is 19.0. The first-order valence-electron chi connectivity index (χ1n) is 9.97. The summed E-state index contributed by atoms with van der Waals surface area (Å²) >= 11 is 0. The van der Waals surface area contributed by atoms with Crippen LogP contribution < -0.4 is 14.8 Å². The zero-order valence-corrected chi connectivity index (χ0v) is 16.3. The molecule has 0 aromatic heterocycles. The van der Waals surface area contributed by atoms with Crippen LogP contribution in [0.5, 0.6) is 11.5 Å². The minimum atomic E-state index is -0.0280. The highest BCUT2D eigenvalue weighted by molar-refractivity contribution is 5.78. The van der Waals surface area contributed by atoms with E-state index in [1.165, 1.54) is 19.3 Å². The van der Waals surface area contributed by atoms with E-state index in [1.807, 2.05) is 18.2 Å². The second-order valence-electron chi connectivity index (χ2n) is 7.86. The Balaban J connectivity index is 1.69. The van der Waals surface area contributed by atoms with E-state index in [0.717, 1.165) is 30.0 Å². The molecule has 2 aliphatic heterocycles. The molecule has 0 unspecified atom stereocenters. The van der Waals surface area contributed by atoms with Crippen molar-refractivity contribution in [3.05, 3.63) is 23.8 Å². The third-order valence-corrected chi connectivity index (χ3v) is 5.40. The van der Waals surface area contributed by atoms with Crippen LogP contribution in [0, 0.1) is 5.92 Å². The normalized spacial score (nSPS) is 21.9. The lowest BCUT2D eigenvalue weighted by molar-refractivity contribution is -0.124. The molecule has 1 saturated heterocycles. The van der Waals surface area contributed by atoms with Crippen molar-refractivity contribution < 1.29 is 14.3 Å². The molecule has 1 N–H and O–H groups in total.